The van der Waals surface area contributed by atoms with Crippen molar-refractivity contribution in [3.8, 4) is 0 Å². The van der Waals surface area contributed by atoms with Crippen molar-refractivity contribution in [3.63, 3.8) is 0 Å². The van der Waals surface area contributed by atoms with E-state index in [-0.39, 0.29) is 25.4 Å². The van der Waals surface area contributed by atoms with Gasteiger partial charge in [0, 0.05) is 18.7 Å². The van der Waals surface area contributed by atoms with Crippen LogP contribution in [-0.2, 0) is 23.1 Å². The lowest BCUT2D eigenvalue weighted by molar-refractivity contribution is -0.142. The van der Waals surface area contributed by atoms with Crippen LogP contribution < -0.4 is 0 Å². The van der Waals surface area contributed by atoms with Crippen LogP contribution in [0.3, 0.4) is 0 Å². The van der Waals surface area contributed by atoms with Crippen molar-refractivity contribution in [1.82, 2.24) is 0 Å². The van der Waals surface area contributed by atoms with Crippen molar-refractivity contribution < 1.29 is 28.3 Å². The molecule has 0 heterocycles. The first-order valence-electron chi connectivity index (χ1n) is 6.58. The first-order valence-corrected chi connectivity index (χ1v) is 8.19. The van der Waals surface area contributed by atoms with E-state index in [9.17, 15) is 14.5 Å². The normalized spacial score (nSPS) is 14.2. The number of rotatable bonds is 9. The van der Waals surface area contributed by atoms with Crippen molar-refractivity contribution in [3.05, 3.63) is 11.9 Å². The molecule has 0 amide bonds. The van der Waals surface area contributed by atoms with E-state index in [1.807, 2.05) is 0 Å². The van der Waals surface area contributed by atoms with E-state index in [2.05, 4.69) is 0 Å². The summed E-state index contributed by atoms with van der Waals surface area (Å²) >= 11 is 0. The monoisotopic (exact) mass is 308 g/mol. The van der Waals surface area contributed by atoms with E-state index in [4.69, 9.17) is 13.8 Å². The summed E-state index contributed by atoms with van der Waals surface area (Å²) in [4.78, 5) is 10.7. The maximum absolute atomic E-state index is 12.5. The zero-order valence-corrected chi connectivity index (χ0v) is 13.6. The molecule has 7 heteroatoms. The molecule has 6 nitrogen and oxygen atoms in total. The molecule has 0 spiro atoms. The largest absolute Gasteiger partial charge is 0.465 e. The minimum atomic E-state index is -3.38. The van der Waals surface area contributed by atoms with Gasteiger partial charge in [-0.3, -0.25) is 9.36 Å². The Bertz CT molecular complexity index is 350. The summed E-state index contributed by atoms with van der Waals surface area (Å²) in [6.45, 7) is 8.10. The molecule has 1 N–H and O–H groups in total. The average molecular weight is 308 g/mol. The Morgan fingerprint density at radius 1 is 1.20 bits per heavy atom. The molecule has 20 heavy (non-hydrogen) atoms. The fourth-order valence-electron chi connectivity index (χ4n) is 1.30. The molecule has 0 aliphatic heterocycles. The zero-order valence-electron chi connectivity index (χ0n) is 12.7. The van der Waals surface area contributed by atoms with Crippen LogP contribution in [0.25, 0.3) is 0 Å². The lowest BCUT2D eigenvalue weighted by atomic mass is 10.2. The van der Waals surface area contributed by atoms with Crippen molar-refractivity contribution in [1.29, 1.82) is 0 Å². The summed E-state index contributed by atoms with van der Waals surface area (Å²) in [5.41, 5.74) is 0. The van der Waals surface area contributed by atoms with E-state index in [1.165, 1.54) is 18.8 Å². The van der Waals surface area contributed by atoms with Gasteiger partial charge in [0.05, 0.1) is 25.4 Å². The quantitative estimate of drug-likeness (QED) is 0.521. The van der Waals surface area contributed by atoms with Crippen LogP contribution in [0.5, 0.6) is 0 Å². The fraction of sp³-hybridized carbons (Fsp3) is 0.769. The van der Waals surface area contributed by atoms with E-state index < -0.39 is 19.5 Å². The predicted molar refractivity (Wildman–Crippen MR) is 76.4 cm³/mol. The minimum absolute atomic E-state index is 0.0195. The maximum atomic E-state index is 12.5. The highest BCUT2D eigenvalue weighted by Crippen LogP contribution is 2.52. The Labute approximate surface area is 120 Å². The van der Waals surface area contributed by atoms with Gasteiger partial charge in [-0.05, 0) is 27.7 Å². The molecular formula is C13H25O6P. The van der Waals surface area contributed by atoms with Gasteiger partial charge in [0.15, 0.2) is 0 Å². The highest BCUT2D eigenvalue weighted by molar-refractivity contribution is 7.57. The van der Waals surface area contributed by atoms with E-state index in [0.29, 0.717) is 0 Å². The van der Waals surface area contributed by atoms with Crippen LogP contribution in [0.15, 0.2) is 11.9 Å². The average Bonchev–Trinajstić information content (AvgIpc) is 2.26. The molecule has 0 aromatic heterocycles. The summed E-state index contributed by atoms with van der Waals surface area (Å²) in [6, 6.07) is 0. The van der Waals surface area contributed by atoms with Gasteiger partial charge in [-0.1, -0.05) is 6.08 Å². The SMILES string of the molecule is CC(=O)OCC(/C=C/P(=O)(OC(C)C)OC(C)C)CO. The molecule has 0 aliphatic carbocycles. The first kappa shape index (κ1) is 19.3. The third-order valence-corrected chi connectivity index (χ3v) is 3.96. The Morgan fingerprint density at radius 2 is 1.70 bits per heavy atom. The number of carbonyl (C=O) groups is 1. The predicted octanol–water partition coefficient (Wildman–Crippen LogP) is 2.71. The number of esters is 1. The van der Waals surface area contributed by atoms with Gasteiger partial charge in [-0.25, -0.2) is 0 Å². The fourth-order valence-corrected chi connectivity index (χ4v) is 3.12. The standard InChI is InChI=1S/C13H25O6P/c1-10(2)18-20(16,19-11(3)4)7-6-13(8-14)9-17-12(5)15/h6-7,10-11,13-14H,8-9H2,1-5H3/b7-6+. The summed E-state index contributed by atoms with van der Waals surface area (Å²) in [6.07, 6.45) is 0.977. The van der Waals surface area contributed by atoms with Crippen LogP contribution >= 0.6 is 7.60 Å². The van der Waals surface area contributed by atoms with Crippen molar-refractivity contribution in [2.45, 2.75) is 46.8 Å². The molecule has 0 aromatic carbocycles. The number of hydrogen-bond acceptors (Lipinski definition) is 6. The van der Waals surface area contributed by atoms with Crippen LogP contribution in [0.1, 0.15) is 34.6 Å². The molecule has 0 aromatic rings. The summed E-state index contributed by atoms with van der Waals surface area (Å²) in [5.74, 6) is 0.438. The third-order valence-electron chi connectivity index (χ3n) is 1.99. The number of carbonyl (C=O) groups excluding carboxylic acids is 1. The second-order valence-electron chi connectivity index (χ2n) is 4.93. The second-order valence-corrected chi connectivity index (χ2v) is 6.73. The van der Waals surface area contributed by atoms with Crippen molar-refractivity contribution >= 4 is 13.6 Å². The van der Waals surface area contributed by atoms with Crippen molar-refractivity contribution in [2.24, 2.45) is 5.92 Å². The maximum Gasteiger partial charge on any atom is 0.354 e. The van der Waals surface area contributed by atoms with Gasteiger partial charge in [0.2, 0.25) is 0 Å². The molecule has 0 aliphatic rings. The van der Waals surface area contributed by atoms with Gasteiger partial charge in [-0.2, -0.15) is 0 Å². The Hall–Kier alpha value is -0.680. The molecule has 0 rings (SSSR count). The lowest BCUT2D eigenvalue weighted by Gasteiger charge is -2.20. The highest BCUT2D eigenvalue weighted by atomic mass is 31.2. The molecule has 0 saturated carbocycles. The first-order chi connectivity index (χ1) is 9.18. The molecule has 118 valence electrons. The van der Waals surface area contributed by atoms with Gasteiger partial charge in [0.1, 0.15) is 0 Å². The summed E-state index contributed by atoms with van der Waals surface area (Å²) in [5, 5.41) is 9.19. The highest BCUT2D eigenvalue weighted by Gasteiger charge is 2.24. The summed E-state index contributed by atoms with van der Waals surface area (Å²) in [7, 11) is -3.38. The van der Waals surface area contributed by atoms with Crippen LogP contribution in [-0.4, -0.2) is 36.5 Å². The zero-order chi connectivity index (χ0) is 15.8. The third kappa shape index (κ3) is 9.26. The molecule has 0 saturated heterocycles. The second kappa shape index (κ2) is 9.29. The topological polar surface area (TPSA) is 82.1 Å². The smallest absolute Gasteiger partial charge is 0.354 e. The Balaban J connectivity index is 4.79. The van der Waals surface area contributed by atoms with Gasteiger partial charge in [-0.15, -0.1) is 0 Å². The minimum Gasteiger partial charge on any atom is -0.465 e. The van der Waals surface area contributed by atoms with Gasteiger partial charge >= 0.3 is 13.6 Å². The van der Waals surface area contributed by atoms with Crippen LogP contribution in [0.4, 0.5) is 0 Å². The molecule has 1 unspecified atom stereocenters. The molecular weight excluding hydrogens is 283 g/mol. The Kier molecular flexibility index (Phi) is 8.98. The van der Waals surface area contributed by atoms with Gasteiger partial charge < -0.3 is 18.9 Å². The molecule has 0 fully saturated rings. The van der Waals surface area contributed by atoms with Crippen LogP contribution in [0, 0.1) is 5.92 Å². The van der Waals surface area contributed by atoms with Crippen molar-refractivity contribution in [2.75, 3.05) is 13.2 Å². The van der Waals surface area contributed by atoms with Crippen LogP contribution in [0.2, 0.25) is 0 Å². The van der Waals surface area contributed by atoms with E-state index >= 15 is 0 Å². The lowest BCUT2D eigenvalue weighted by Crippen LogP contribution is -2.14. The Morgan fingerprint density at radius 3 is 2.05 bits per heavy atom. The van der Waals surface area contributed by atoms with Gasteiger partial charge in [0.25, 0.3) is 0 Å². The van der Waals surface area contributed by atoms with E-state index in [0.717, 1.165) is 0 Å². The molecule has 1 atom stereocenters. The molecule has 0 bridgehead atoms. The molecule has 0 radical (unpaired) electrons. The number of aliphatic hydroxyl groups is 1. The number of ether oxygens (including phenoxy) is 1. The van der Waals surface area contributed by atoms with E-state index in [1.54, 1.807) is 27.7 Å². The summed E-state index contributed by atoms with van der Waals surface area (Å²) < 4.78 is 27.9. The number of hydrogen-bond donors (Lipinski definition) is 1. The number of aliphatic hydroxyl groups excluding tert-OH is 1.